The lowest BCUT2D eigenvalue weighted by atomic mass is 9.93. The maximum atomic E-state index is 5.41. The Bertz CT molecular complexity index is 3290. The van der Waals surface area contributed by atoms with Gasteiger partial charge >= 0.3 is 0 Å². The first-order valence-corrected chi connectivity index (χ1v) is 19.6. The Balaban J connectivity index is 1.31. The second-order valence-electron chi connectivity index (χ2n) is 14.9. The van der Waals surface area contributed by atoms with Crippen LogP contribution in [0.15, 0.2) is 194 Å². The molecule has 0 aliphatic heterocycles. The lowest BCUT2D eigenvalue weighted by Crippen LogP contribution is -1.98. The molecule has 0 amide bonds. The van der Waals surface area contributed by atoms with Crippen molar-refractivity contribution in [1.29, 1.82) is 0 Å². The number of hydrogen-bond acceptors (Lipinski definition) is 2. The van der Waals surface area contributed by atoms with Crippen molar-refractivity contribution in [2.24, 2.45) is 0 Å². The first-order valence-electron chi connectivity index (χ1n) is 19.6. The Kier molecular flexibility index (Phi) is 6.96. The van der Waals surface area contributed by atoms with Crippen LogP contribution in [0, 0.1) is 0 Å². The van der Waals surface area contributed by atoms with Crippen LogP contribution in [0.5, 0.6) is 0 Å². The van der Waals surface area contributed by atoms with Crippen molar-refractivity contribution >= 4 is 43.6 Å². The summed E-state index contributed by atoms with van der Waals surface area (Å²) in [6, 6.07) is 69.4. The van der Waals surface area contributed by atoms with E-state index in [2.05, 4.69) is 197 Å². The quantitative estimate of drug-likeness (QED) is 0.177. The van der Waals surface area contributed by atoms with Crippen LogP contribution in [0.25, 0.3) is 100 Å². The van der Waals surface area contributed by atoms with Gasteiger partial charge in [-0.2, -0.15) is 0 Å². The zero-order valence-corrected chi connectivity index (χ0v) is 31.0. The lowest BCUT2D eigenvalue weighted by molar-refractivity contribution is 1.15. The van der Waals surface area contributed by atoms with E-state index in [9.17, 15) is 0 Å². The van der Waals surface area contributed by atoms with Crippen molar-refractivity contribution < 1.29 is 0 Å². The molecular weight excluding hydrogens is 693 g/mol. The summed E-state index contributed by atoms with van der Waals surface area (Å²) in [5.74, 6) is 0.708. The van der Waals surface area contributed by atoms with Gasteiger partial charge in [0.15, 0.2) is 5.82 Å². The van der Waals surface area contributed by atoms with Gasteiger partial charge in [0.05, 0.1) is 33.5 Å². The minimum atomic E-state index is 0.708. The summed E-state index contributed by atoms with van der Waals surface area (Å²) in [6.45, 7) is 0. The summed E-state index contributed by atoms with van der Waals surface area (Å²) in [4.78, 5) is 10.6. The molecule has 0 saturated heterocycles. The van der Waals surface area contributed by atoms with Gasteiger partial charge in [-0.15, -0.1) is 0 Å². The lowest BCUT2D eigenvalue weighted by Gasteiger charge is -2.14. The van der Waals surface area contributed by atoms with Crippen LogP contribution in [0.2, 0.25) is 0 Å². The Labute approximate surface area is 329 Å². The van der Waals surface area contributed by atoms with E-state index in [1.165, 1.54) is 60.3 Å². The molecule has 3 heterocycles. The normalized spacial score (nSPS) is 12.1. The van der Waals surface area contributed by atoms with Gasteiger partial charge in [0.25, 0.3) is 0 Å². The fourth-order valence-corrected chi connectivity index (χ4v) is 9.40. The average molecular weight is 727 g/mol. The molecule has 4 heteroatoms. The molecule has 0 radical (unpaired) electrons. The zero-order chi connectivity index (χ0) is 37.5. The van der Waals surface area contributed by atoms with E-state index in [0.29, 0.717) is 5.82 Å². The van der Waals surface area contributed by atoms with Crippen LogP contribution >= 0.6 is 0 Å². The molecule has 0 bridgehead atoms. The summed E-state index contributed by atoms with van der Waals surface area (Å²) in [5, 5.41) is 4.95. The molecule has 0 fully saturated rings. The molecule has 0 spiro atoms. The number of fused-ring (bicyclic) bond motifs is 12. The highest BCUT2D eigenvalue weighted by atomic mass is 15.0. The number of hydrogen-bond donors (Lipinski definition) is 0. The van der Waals surface area contributed by atoms with Crippen LogP contribution in [-0.4, -0.2) is 19.1 Å². The molecule has 12 rings (SSSR count). The van der Waals surface area contributed by atoms with E-state index in [0.717, 1.165) is 51.4 Å². The predicted octanol–water partition coefficient (Wildman–Crippen LogP) is 13.2. The highest BCUT2D eigenvalue weighted by molar-refractivity contribution is 6.33. The van der Waals surface area contributed by atoms with Crippen molar-refractivity contribution in [2.75, 3.05) is 0 Å². The van der Waals surface area contributed by atoms with Gasteiger partial charge in [-0.1, -0.05) is 152 Å². The van der Waals surface area contributed by atoms with Gasteiger partial charge in [-0.3, -0.25) is 0 Å². The maximum Gasteiger partial charge on any atom is 0.160 e. The van der Waals surface area contributed by atoms with Gasteiger partial charge in [0.1, 0.15) is 0 Å². The van der Waals surface area contributed by atoms with Gasteiger partial charge < -0.3 is 9.13 Å². The molecule has 266 valence electrons. The summed E-state index contributed by atoms with van der Waals surface area (Å²) in [6.07, 6.45) is 0.852. The molecule has 1 aliphatic rings. The van der Waals surface area contributed by atoms with Gasteiger partial charge in [0, 0.05) is 56.0 Å². The van der Waals surface area contributed by atoms with Gasteiger partial charge in [0.2, 0.25) is 0 Å². The van der Waals surface area contributed by atoms with Crippen LogP contribution in [-0.2, 0) is 6.42 Å². The van der Waals surface area contributed by atoms with E-state index in [-0.39, 0.29) is 0 Å². The Morgan fingerprint density at radius 1 is 0.404 bits per heavy atom. The van der Waals surface area contributed by atoms with Crippen LogP contribution in [0.4, 0.5) is 0 Å². The molecule has 0 saturated carbocycles. The van der Waals surface area contributed by atoms with E-state index in [4.69, 9.17) is 9.97 Å². The van der Waals surface area contributed by atoms with Crippen molar-refractivity contribution in [3.05, 3.63) is 205 Å². The Hall–Kier alpha value is -7.56. The van der Waals surface area contributed by atoms with Crippen molar-refractivity contribution in [3.8, 4) is 56.4 Å². The van der Waals surface area contributed by atoms with Crippen LogP contribution in [0.1, 0.15) is 11.1 Å². The zero-order valence-electron chi connectivity index (χ0n) is 31.0. The largest absolute Gasteiger partial charge is 0.309 e. The summed E-state index contributed by atoms with van der Waals surface area (Å²) in [7, 11) is 0. The second kappa shape index (κ2) is 12.5. The number of benzene rings is 8. The summed E-state index contributed by atoms with van der Waals surface area (Å²) in [5.41, 5.74) is 17.3. The number of para-hydroxylation sites is 3. The third kappa shape index (κ3) is 4.74. The Morgan fingerprint density at radius 2 is 0.965 bits per heavy atom. The monoisotopic (exact) mass is 726 g/mol. The minimum Gasteiger partial charge on any atom is -0.309 e. The molecule has 3 aromatic heterocycles. The summed E-state index contributed by atoms with van der Waals surface area (Å²) >= 11 is 0. The first kappa shape index (κ1) is 31.8. The fourth-order valence-electron chi connectivity index (χ4n) is 9.40. The highest BCUT2D eigenvalue weighted by Crippen LogP contribution is 2.53. The molecule has 4 nitrogen and oxygen atoms in total. The van der Waals surface area contributed by atoms with E-state index in [1.807, 2.05) is 6.07 Å². The minimum absolute atomic E-state index is 0.708. The van der Waals surface area contributed by atoms with Gasteiger partial charge in [-0.05, 0) is 64.7 Å². The molecule has 8 aromatic carbocycles. The molecular formula is C53H34N4. The SMILES string of the molecule is c1ccc(-c2cc(-c3cccc4c3c3c5c(c6c(c7ccccc7n6-c6ccccc6)c3n4-c3ccccc3)Cc3ccccc3-5)nc(-c3ccccc3)n2)cc1. The maximum absolute atomic E-state index is 5.41. The van der Waals surface area contributed by atoms with Crippen molar-refractivity contribution in [1.82, 2.24) is 19.1 Å². The second-order valence-corrected chi connectivity index (χ2v) is 14.9. The molecule has 1 aliphatic carbocycles. The van der Waals surface area contributed by atoms with E-state index >= 15 is 0 Å². The molecule has 0 atom stereocenters. The third-order valence-electron chi connectivity index (χ3n) is 11.7. The summed E-state index contributed by atoms with van der Waals surface area (Å²) < 4.78 is 5.02. The first-order chi connectivity index (χ1) is 28.3. The van der Waals surface area contributed by atoms with Crippen LogP contribution < -0.4 is 0 Å². The number of nitrogens with zero attached hydrogens (tertiary/aromatic N) is 4. The number of rotatable bonds is 5. The fraction of sp³-hybridized carbons (Fsp3) is 0.0189. The van der Waals surface area contributed by atoms with Gasteiger partial charge in [-0.25, -0.2) is 9.97 Å². The molecule has 0 unspecified atom stereocenters. The van der Waals surface area contributed by atoms with Crippen molar-refractivity contribution in [2.45, 2.75) is 6.42 Å². The van der Waals surface area contributed by atoms with E-state index in [1.54, 1.807) is 0 Å². The smallest absolute Gasteiger partial charge is 0.160 e. The standard InChI is InChI=1S/C53H34N4/c1-5-18-34(19-6-1)43-33-44(55-53(54-43)35-20-7-2-8-21-35)40-29-17-31-46-48(40)50-47-39-27-14-13-22-36(39)32-42(47)51-49(52(50)57(46)38-25-11-4-12-26-38)41-28-15-16-30-45(41)56(51)37-23-9-3-10-24-37/h1-31,33H,32H2. The Morgan fingerprint density at radius 3 is 1.70 bits per heavy atom. The topological polar surface area (TPSA) is 35.6 Å². The molecule has 57 heavy (non-hydrogen) atoms. The van der Waals surface area contributed by atoms with Crippen molar-refractivity contribution in [3.63, 3.8) is 0 Å². The molecule has 11 aromatic rings. The molecule has 0 N–H and O–H groups in total. The van der Waals surface area contributed by atoms with Crippen LogP contribution in [0.3, 0.4) is 0 Å². The van der Waals surface area contributed by atoms with E-state index < -0.39 is 0 Å². The highest BCUT2D eigenvalue weighted by Gasteiger charge is 2.32. The third-order valence-corrected chi connectivity index (χ3v) is 11.7. The number of aromatic nitrogens is 4. The predicted molar refractivity (Wildman–Crippen MR) is 235 cm³/mol. The average Bonchev–Trinajstić information content (AvgIpc) is 3.96.